The second-order valence-electron chi connectivity index (χ2n) is 6.35. The van der Waals surface area contributed by atoms with Gasteiger partial charge < -0.3 is 0 Å². The van der Waals surface area contributed by atoms with Crippen LogP contribution in [0.15, 0.2) is 90.3 Å². The van der Waals surface area contributed by atoms with Crippen molar-refractivity contribution >= 4 is 22.2 Å². The number of nitrogens with one attached hydrogen (secondary N) is 1. The molecule has 0 aliphatic carbocycles. The van der Waals surface area contributed by atoms with Gasteiger partial charge in [0.25, 0.3) is 0 Å². The molecule has 26 heavy (non-hydrogen) atoms. The van der Waals surface area contributed by atoms with Crippen molar-refractivity contribution in [3.05, 3.63) is 101 Å². The number of hydrogen-bond donors (Lipinski definition) is 1. The van der Waals surface area contributed by atoms with Crippen LogP contribution in [0, 0.1) is 6.92 Å². The fourth-order valence-electron chi connectivity index (χ4n) is 2.96. The third-order valence-electron chi connectivity index (χ3n) is 4.37. The molecule has 0 radical (unpaired) electrons. The highest BCUT2D eigenvalue weighted by molar-refractivity contribution is 7.13. The van der Waals surface area contributed by atoms with Gasteiger partial charge in [0, 0.05) is 10.9 Å². The van der Waals surface area contributed by atoms with E-state index in [9.17, 15) is 0 Å². The lowest BCUT2D eigenvalue weighted by atomic mass is 10.1. The van der Waals surface area contributed by atoms with Gasteiger partial charge in [0.05, 0.1) is 0 Å². The summed E-state index contributed by atoms with van der Waals surface area (Å²) in [6, 6.07) is 29.7. The standard InChI is InChI=1S/C23H20N2S/c1-18-12-14-20(15-13-18)22-17-26-23(24-21-10-6-3-7-11-21)25(22)16-19-8-4-2-5-9-19/h2-15,17H,16H2,1H3/p+1. The summed E-state index contributed by atoms with van der Waals surface area (Å²) in [5.74, 6) is 0. The molecule has 0 fully saturated rings. The second kappa shape index (κ2) is 7.54. The minimum Gasteiger partial charge on any atom is -0.231 e. The van der Waals surface area contributed by atoms with Gasteiger partial charge in [-0.2, -0.15) is 0 Å². The van der Waals surface area contributed by atoms with Crippen LogP contribution in [0.25, 0.3) is 11.3 Å². The number of aryl methyl sites for hydroxylation is 1. The monoisotopic (exact) mass is 357 g/mol. The molecule has 1 N–H and O–H groups in total. The van der Waals surface area contributed by atoms with Crippen molar-refractivity contribution in [3.8, 4) is 11.3 Å². The second-order valence-corrected chi connectivity index (χ2v) is 7.21. The van der Waals surface area contributed by atoms with Gasteiger partial charge in [-0.1, -0.05) is 89.7 Å². The van der Waals surface area contributed by atoms with Crippen LogP contribution >= 0.6 is 11.3 Å². The molecule has 0 saturated carbocycles. The highest BCUT2D eigenvalue weighted by atomic mass is 32.1. The molecule has 3 aromatic carbocycles. The molecule has 4 rings (SSSR count). The van der Waals surface area contributed by atoms with Gasteiger partial charge in [-0.05, 0) is 24.6 Å². The molecule has 0 saturated heterocycles. The molecule has 0 bridgehead atoms. The molecule has 3 heteroatoms. The van der Waals surface area contributed by atoms with Crippen molar-refractivity contribution < 1.29 is 4.57 Å². The summed E-state index contributed by atoms with van der Waals surface area (Å²) in [6.07, 6.45) is 0. The number of benzene rings is 3. The first kappa shape index (κ1) is 16.6. The Bertz CT molecular complexity index is 974. The predicted octanol–water partition coefficient (Wildman–Crippen LogP) is 5.80. The Labute approximate surface area is 158 Å². The van der Waals surface area contributed by atoms with E-state index >= 15 is 0 Å². The normalized spacial score (nSPS) is 10.7. The van der Waals surface area contributed by atoms with Crippen LogP contribution in [0.5, 0.6) is 0 Å². The Morgan fingerprint density at radius 3 is 2.15 bits per heavy atom. The van der Waals surface area contributed by atoms with Crippen LogP contribution in [0.2, 0.25) is 0 Å². The first-order valence-electron chi connectivity index (χ1n) is 8.74. The molecule has 2 nitrogen and oxygen atoms in total. The summed E-state index contributed by atoms with van der Waals surface area (Å²) in [6.45, 7) is 2.96. The third-order valence-corrected chi connectivity index (χ3v) is 5.26. The van der Waals surface area contributed by atoms with Gasteiger partial charge in [-0.15, -0.1) is 0 Å². The molecule has 0 spiro atoms. The number of nitrogens with zero attached hydrogens (tertiary/aromatic N) is 1. The van der Waals surface area contributed by atoms with Gasteiger partial charge in [0.1, 0.15) is 17.9 Å². The lowest BCUT2D eigenvalue weighted by molar-refractivity contribution is -0.659. The highest BCUT2D eigenvalue weighted by Gasteiger charge is 2.20. The Kier molecular flexibility index (Phi) is 4.80. The van der Waals surface area contributed by atoms with E-state index in [1.807, 2.05) is 6.07 Å². The van der Waals surface area contributed by atoms with Crippen molar-refractivity contribution in [2.24, 2.45) is 0 Å². The third kappa shape index (κ3) is 3.68. The Balaban J connectivity index is 1.75. The van der Waals surface area contributed by atoms with Crippen LogP contribution in [-0.2, 0) is 6.54 Å². The number of rotatable bonds is 5. The molecule has 0 unspecified atom stereocenters. The zero-order valence-corrected chi connectivity index (χ0v) is 15.5. The van der Waals surface area contributed by atoms with E-state index in [0.717, 1.165) is 17.4 Å². The van der Waals surface area contributed by atoms with E-state index in [-0.39, 0.29) is 0 Å². The molecular weight excluding hydrogens is 336 g/mol. The van der Waals surface area contributed by atoms with E-state index in [1.54, 1.807) is 11.3 Å². The van der Waals surface area contributed by atoms with Crippen molar-refractivity contribution in [3.63, 3.8) is 0 Å². The Morgan fingerprint density at radius 2 is 1.46 bits per heavy atom. The predicted molar refractivity (Wildman–Crippen MR) is 110 cm³/mol. The van der Waals surface area contributed by atoms with Crippen molar-refractivity contribution in [2.75, 3.05) is 5.32 Å². The number of hydrogen-bond acceptors (Lipinski definition) is 2. The average molecular weight is 358 g/mol. The zero-order chi connectivity index (χ0) is 17.8. The summed E-state index contributed by atoms with van der Waals surface area (Å²) in [5.41, 5.74) is 6.15. The van der Waals surface area contributed by atoms with Crippen molar-refractivity contribution in [1.82, 2.24) is 0 Å². The molecule has 0 aliphatic heterocycles. The largest absolute Gasteiger partial charge is 0.339 e. The minimum absolute atomic E-state index is 0.836. The van der Waals surface area contributed by atoms with Gasteiger partial charge >= 0.3 is 5.13 Å². The Morgan fingerprint density at radius 1 is 0.808 bits per heavy atom. The molecule has 1 aromatic heterocycles. The first-order valence-corrected chi connectivity index (χ1v) is 9.62. The van der Waals surface area contributed by atoms with Gasteiger partial charge in [-0.3, -0.25) is 0 Å². The molecule has 1 heterocycles. The van der Waals surface area contributed by atoms with E-state index < -0.39 is 0 Å². The lowest BCUT2D eigenvalue weighted by Crippen LogP contribution is -2.37. The maximum absolute atomic E-state index is 3.58. The molecule has 0 aliphatic rings. The van der Waals surface area contributed by atoms with Gasteiger partial charge in [0.2, 0.25) is 0 Å². The fourth-order valence-corrected chi connectivity index (χ4v) is 3.91. The van der Waals surface area contributed by atoms with Crippen LogP contribution < -0.4 is 9.88 Å². The number of para-hydroxylation sites is 1. The Hall–Kier alpha value is -2.91. The summed E-state index contributed by atoms with van der Waals surface area (Å²) < 4.78 is 2.36. The molecule has 0 atom stereocenters. The number of thiazole rings is 1. The quantitative estimate of drug-likeness (QED) is 0.446. The maximum atomic E-state index is 3.58. The molecular formula is C23H21N2S+. The smallest absolute Gasteiger partial charge is 0.231 e. The van der Waals surface area contributed by atoms with E-state index in [0.29, 0.717) is 0 Å². The van der Waals surface area contributed by atoms with Crippen LogP contribution in [0.4, 0.5) is 10.8 Å². The topological polar surface area (TPSA) is 15.9 Å². The summed E-state index contributed by atoms with van der Waals surface area (Å²) in [5, 5.41) is 6.95. The van der Waals surface area contributed by atoms with Crippen LogP contribution in [-0.4, -0.2) is 0 Å². The van der Waals surface area contributed by atoms with Crippen LogP contribution in [0.1, 0.15) is 11.1 Å². The van der Waals surface area contributed by atoms with Crippen molar-refractivity contribution in [1.29, 1.82) is 0 Å². The number of anilines is 2. The van der Waals surface area contributed by atoms with E-state index in [1.165, 1.54) is 22.4 Å². The zero-order valence-electron chi connectivity index (χ0n) is 14.7. The summed E-state index contributed by atoms with van der Waals surface area (Å²) in [7, 11) is 0. The molecule has 4 aromatic rings. The molecule has 0 amide bonds. The fraction of sp³-hybridized carbons (Fsp3) is 0.0870. The van der Waals surface area contributed by atoms with E-state index in [2.05, 4.69) is 101 Å². The van der Waals surface area contributed by atoms with Gasteiger partial charge in [-0.25, -0.2) is 9.88 Å². The average Bonchev–Trinajstić information content (AvgIpc) is 3.06. The highest BCUT2D eigenvalue weighted by Crippen LogP contribution is 2.26. The SMILES string of the molecule is Cc1ccc(-c2csc(Nc3ccccc3)[n+]2Cc2ccccc2)cc1. The van der Waals surface area contributed by atoms with Crippen LogP contribution in [0.3, 0.4) is 0 Å². The lowest BCUT2D eigenvalue weighted by Gasteiger charge is -2.07. The van der Waals surface area contributed by atoms with E-state index in [4.69, 9.17) is 0 Å². The summed E-state index contributed by atoms with van der Waals surface area (Å²) in [4.78, 5) is 0. The molecule has 128 valence electrons. The van der Waals surface area contributed by atoms with Gasteiger partial charge in [0.15, 0.2) is 0 Å². The first-order chi connectivity index (χ1) is 12.8. The maximum Gasteiger partial charge on any atom is 0.339 e. The number of aromatic nitrogens is 1. The van der Waals surface area contributed by atoms with Crippen molar-refractivity contribution in [2.45, 2.75) is 13.5 Å². The minimum atomic E-state index is 0.836. The summed E-state index contributed by atoms with van der Waals surface area (Å²) >= 11 is 1.74.